The highest BCUT2D eigenvalue weighted by Gasteiger charge is 2.08. The van der Waals surface area contributed by atoms with Crippen molar-refractivity contribution in [2.24, 2.45) is 0 Å². The van der Waals surface area contributed by atoms with E-state index in [1.807, 2.05) is 0 Å². The van der Waals surface area contributed by atoms with Gasteiger partial charge in [0.05, 0.1) is 9.85 Å². The number of carbonyl (C=O) groups excluding carboxylic acids is 1. The van der Waals surface area contributed by atoms with Crippen LogP contribution in [0.1, 0.15) is 74.4 Å². The summed E-state index contributed by atoms with van der Waals surface area (Å²) in [6.45, 7) is 4.13. The second-order valence-electron chi connectivity index (χ2n) is 7.21. The average molecular weight is 465 g/mol. The minimum atomic E-state index is -0.868. The molecule has 0 aliphatic rings. The van der Waals surface area contributed by atoms with Gasteiger partial charge in [0.25, 0.3) is 11.4 Å². The normalized spacial score (nSPS) is 10.3. The van der Waals surface area contributed by atoms with Crippen LogP contribution < -0.4 is 0 Å². The molecule has 178 valence electrons. The largest absolute Gasteiger partial charge is 0.376 e. The van der Waals surface area contributed by atoms with Crippen LogP contribution in [-0.4, -0.2) is 20.7 Å². The van der Waals surface area contributed by atoms with E-state index in [0.29, 0.717) is 17.5 Å². The number of unbranched alkanes of at least 4 members (excludes halogenated alkanes) is 4. The Balaban J connectivity index is 0.000000340. The molecule has 0 aliphatic carbocycles. The first-order valence-electron chi connectivity index (χ1n) is 11.0. The maximum absolute atomic E-state index is 11.5. The number of hydrogen-bond acceptors (Lipinski definition) is 6. The summed E-state index contributed by atoms with van der Waals surface area (Å²) in [5, 5.41) is 30.6. The smallest absolute Gasteiger partial charge is 0.269 e. The third-order valence-electron chi connectivity index (χ3n) is 4.51. The molecule has 0 heterocycles. The van der Waals surface area contributed by atoms with E-state index >= 15 is 0 Å². The number of nitrogens with zero attached hydrogens (tertiary/aromatic N) is 2. The molecule has 1 atom stereocenters. The van der Waals surface area contributed by atoms with Gasteiger partial charge in [-0.05, 0) is 48.6 Å². The molecule has 1 unspecified atom stereocenters. The van der Waals surface area contributed by atoms with E-state index in [1.54, 1.807) is 0 Å². The molecule has 2 aromatic carbocycles. The Morgan fingerprint density at radius 1 is 0.853 bits per heavy atom. The Bertz CT molecular complexity index is 1070. The van der Waals surface area contributed by atoms with Gasteiger partial charge in [-0.25, -0.2) is 0 Å². The topological polar surface area (TPSA) is 124 Å². The summed E-state index contributed by atoms with van der Waals surface area (Å²) < 4.78 is 0. The molecular weight excluding hydrogens is 436 g/mol. The second-order valence-corrected chi connectivity index (χ2v) is 7.21. The van der Waals surface area contributed by atoms with E-state index in [4.69, 9.17) is 0 Å². The van der Waals surface area contributed by atoms with Gasteiger partial charge >= 0.3 is 0 Å². The first kappa shape index (κ1) is 28.0. The van der Waals surface area contributed by atoms with Crippen molar-refractivity contribution in [1.82, 2.24) is 0 Å². The number of rotatable bonds is 8. The molecule has 0 bridgehead atoms. The van der Waals surface area contributed by atoms with Gasteiger partial charge in [-0.2, -0.15) is 0 Å². The summed E-state index contributed by atoms with van der Waals surface area (Å²) in [7, 11) is 0. The van der Waals surface area contributed by atoms with Crippen LogP contribution >= 0.6 is 0 Å². The zero-order chi connectivity index (χ0) is 25.3. The maximum atomic E-state index is 11.5. The average Bonchev–Trinajstić information content (AvgIpc) is 2.84. The fraction of sp³-hybridized carbons (Fsp3) is 0.346. The van der Waals surface area contributed by atoms with E-state index in [-0.39, 0.29) is 17.2 Å². The number of nitro benzene ring substituents is 2. The van der Waals surface area contributed by atoms with Crippen molar-refractivity contribution >= 4 is 17.2 Å². The van der Waals surface area contributed by atoms with Gasteiger partial charge in [0.2, 0.25) is 5.78 Å². The number of non-ortho nitro benzene ring substituents is 2. The summed E-state index contributed by atoms with van der Waals surface area (Å²) in [5.74, 6) is 10.6. The van der Waals surface area contributed by atoms with Crippen LogP contribution in [0.15, 0.2) is 48.5 Å². The van der Waals surface area contributed by atoms with Crippen LogP contribution in [0, 0.1) is 43.9 Å². The monoisotopic (exact) mass is 464 g/mol. The Hall–Kier alpha value is -4.01. The number of nitro groups is 2. The van der Waals surface area contributed by atoms with Crippen molar-refractivity contribution in [3.63, 3.8) is 0 Å². The molecule has 0 saturated heterocycles. The number of aliphatic hydroxyl groups excluding tert-OH is 1. The number of aliphatic hydroxyl groups is 1. The van der Waals surface area contributed by atoms with Gasteiger partial charge in [-0.3, -0.25) is 25.0 Å². The lowest BCUT2D eigenvalue weighted by Gasteiger charge is -2.02. The Morgan fingerprint density at radius 3 is 1.79 bits per heavy atom. The van der Waals surface area contributed by atoms with Crippen molar-refractivity contribution in [2.75, 3.05) is 0 Å². The highest BCUT2D eigenvalue weighted by atomic mass is 16.6. The fourth-order valence-electron chi connectivity index (χ4n) is 2.51. The summed E-state index contributed by atoms with van der Waals surface area (Å²) in [4.78, 5) is 31.4. The lowest BCUT2D eigenvalue weighted by Crippen LogP contribution is -1.95. The maximum Gasteiger partial charge on any atom is 0.269 e. The Labute approximate surface area is 199 Å². The predicted octanol–water partition coefficient (Wildman–Crippen LogP) is 5.79. The van der Waals surface area contributed by atoms with Crippen molar-refractivity contribution in [3.05, 3.63) is 79.9 Å². The minimum absolute atomic E-state index is 0.0138. The van der Waals surface area contributed by atoms with Gasteiger partial charge in [0.1, 0.15) is 6.10 Å². The van der Waals surface area contributed by atoms with Gasteiger partial charge in [-0.15, -0.1) is 5.92 Å². The molecule has 2 aromatic rings. The van der Waals surface area contributed by atoms with Crippen molar-refractivity contribution in [3.8, 4) is 23.7 Å². The highest BCUT2D eigenvalue weighted by molar-refractivity contribution is 6.09. The zero-order valence-electron chi connectivity index (χ0n) is 19.3. The molecular formula is C26H28N2O6. The minimum Gasteiger partial charge on any atom is -0.376 e. The van der Waals surface area contributed by atoms with Crippen LogP contribution in [-0.2, 0) is 0 Å². The highest BCUT2D eigenvalue weighted by Crippen LogP contribution is 2.17. The fourth-order valence-corrected chi connectivity index (χ4v) is 2.51. The predicted molar refractivity (Wildman–Crippen MR) is 130 cm³/mol. The van der Waals surface area contributed by atoms with Crippen LogP contribution in [0.3, 0.4) is 0 Å². The molecule has 8 nitrogen and oxygen atoms in total. The van der Waals surface area contributed by atoms with Crippen LogP contribution in [0.25, 0.3) is 0 Å². The first-order valence-corrected chi connectivity index (χ1v) is 11.0. The molecule has 1 N–H and O–H groups in total. The molecule has 8 heteroatoms. The Kier molecular flexibility index (Phi) is 13.0. The molecule has 0 spiro atoms. The van der Waals surface area contributed by atoms with Crippen molar-refractivity contribution < 1.29 is 19.7 Å². The number of carbonyl (C=O) groups is 1. The standard InChI is InChI=1S/C13H15NO3.C13H13NO3/c2*1-2-3-4-5-6-13(15)11-7-9-12(10-8-11)14(16)17/h7-10,13,15H,2-4H2,1H3;7-10H,2-4H2,1H3. The van der Waals surface area contributed by atoms with E-state index in [9.17, 15) is 30.1 Å². The molecule has 0 saturated carbocycles. The van der Waals surface area contributed by atoms with Crippen molar-refractivity contribution in [1.29, 1.82) is 0 Å². The quantitative estimate of drug-likeness (QED) is 0.132. The van der Waals surface area contributed by atoms with Crippen LogP contribution in [0.2, 0.25) is 0 Å². The molecule has 0 radical (unpaired) electrons. The summed E-state index contributed by atoms with van der Waals surface area (Å²) in [6, 6.07) is 11.2. The van der Waals surface area contributed by atoms with Gasteiger partial charge in [0, 0.05) is 42.7 Å². The van der Waals surface area contributed by atoms with Gasteiger partial charge in [-0.1, -0.05) is 38.5 Å². The number of benzene rings is 2. The van der Waals surface area contributed by atoms with Gasteiger partial charge < -0.3 is 5.11 Å². The molecule has 2 rings (SSSR count). The van der Waals surface area contributed by atoms with E-state index < -0.39 is 16.0 Å². The van der Waals surface area contributed by atoms with Gasteiger partial charge in [0.15, 0.2) is 0 Å². The molecule has 34 heavy (non-hydrogen) atoms. The van der Waals surface area contributed by atoms with E-state index in [2.05, 4.69) is 37.5 Å². The molecule has 0 amide bonds. The van der Waals surface area contributed by atoms with Crippen LogP contribution in [0.4, 0.5) is 11.4 Å². The van der Waals surface area contributed by atoms with Crippen molar-refractivity contribution in [2.45, 2.75) is 58.5 Å². The number of hydrogen-bond donors (Lipinski definition) is 1. The third kappa shape index (κ3) is 10.5. The third-order valence-corrected chi connectivity index (χ3v) is 4.51. The number of Topliss-reactive ketones (excluding diaryl/α,β-unsaturated/α-hetero) is 1. The molecule has 0 aromatic heterocycles. The molecule has 0 aliphatic heterocycles. The van der Waals surface area contributed by atoms with E-state index in [1.165, 1.54) is 48.5 Å². The van der Waals surface area contributed by atoms with E-state index in [0.717, 1.165) is 32.1 Å². The molecule has 0 fully saturated rings. The lowest BCUT2D eigenvalue weighted by atomic mass is 10.1. The summed E-state index contributed by atoms with van der Waals surface area (Å²) in [5.41, 5.74) is 0.958. The number of ketones is 1. The first-order chi connectivity index (χ1) is 16.3. The summed E-state index contributed by atoms with van der Waals surface area (Å²) >= 11 is 0. The zero-order valence-corrected chi connectivity index (χ0v) is 19.3. The second kappa shape index (κ2) is 15.7. The summed E-state index contributed by atoms with van der Waals surface area (Å²) in [6.07, 6.45) is 4.70. The lowest BCUT2D eigenvalue weighted by molar-refractivity contribution is -0.385. The Morgan fingerprint density at radius 2 is 1.32 bits per heavy atom. The SMILES string of the molecule is CCCCC#CC(=O)c1ccc([N+](=O)[O-])cc1.CCCCC#CC(O)c1ccc([N+](=O)[O-])cc1. The van der Waals surface area contributed by atoms with Crippen LogP contribution in [0.5, 0.6) is 0 Å².